The third-order valence-electron chi connectivity index (χ3n) is 2.39. The molecular formula is C11H14O2S. The van der Waals surface area contributed by atoms with Gasteiger partial charge in [-0.25, -0.2) is 0 Å². The van der Waals surface area contributed by atoms with Gasteiger partial charge in [0.15, 0.2) is 0 Å². The number of aliphatic hydroxyl groups excluding tert-OH is 1. The van der Waals surface area contributed by atoms with Crippen LogP contribution in [0.4, 0.5) is 0 Å². The van der Waals surface area contributed by atoms with Gasteiger partial charge in [0.05, 0.1) is 25.1 Å². The maximum absolute atomic E-state index is 9.02. The quantitative estimate of drug-likeness (QED) is 0.827. The van der Waals surface area contributed by atoms with Crippen molar-refractivity contribution in [3.8, 4) is 0 Å². The van der Waals surface area contributed by atoms with Crippen molar-refractivity contribution in [3.05, 3.63) is 29.3 Å². The average Bonchev–Trinajstić information content (AvgIpc) is 2.12. The van der Waals surface area contributed by atoms with Gasteiger partial charge >= 0.3 is 0 Å². The number of thioether (sulfide) groups is 1. The lowest BCUT2D eigenvalue weighted by atomic mass is 10.1. The molecular weight excluding hydrogens is 196 g/mol. The van der Waals surface area contributed by atoms with Crippen LogP contribution in [0, 0.1) is 6.92 Å². The largest absolute Gasteiger partial charge is 0.392 e. The summed E-state index contributed by atoms with van der Waals surface area (Å²) in [6.45, 7) is 3.90. The van der Waals surface area contributed by atoms with Crippen molar-refractivity contribution >= 4 is 11.8 Å². The topological polar surface area (TPSA) is 29.5 Å². The van der Waals surface area contributed by atoms with Crippen molar-refractivity contribution in [2.75, 3.05) is 13.2 Å². The molecule has 2 rings (SSSR count). The zero-order valence-electron chi connectivity index (χ0n) is 8.19. The first-order valence-corrected chi connectivity index (χ1v) is 5.62. The molecule has 1 saturated heterocycles. The smallest absolute Gasteiger partial charge is 0.0684 e. The normalized spacial score (nSPS) is 16.7. The molecule has 14 heavy (non-hydrogen) atoms. The number of ether oxygens (including phenoxy) is 1. The second-order valence-corrected chi connectivity index (χ2v) is 4.90. The van der Waals surface area contributed by atoms with Crippen molar-refractivity contribution in [2.45, 2.75) is 23.7 Å². The van der Waals surface area contributed by atoms with Gasteiger partial charge in [0.2, 0.25) is 0 Å². The van der Waals surface area contributed by atoms with Crippen LogP contribution in [0.2, 0.25) is 0 Å². The van der Waals surface area contributed by atoms with Crippen LogP contribution in [-0.4, -0.2) is 23.6 Å². The van der Waals surface area contributed by atoms with Gasteiger partial charge in [-0.1, -0.05) is 6.07 Å². The lowest BCUT2D eigenvalue weighted by Crippen LogP contribution is -2.30. The zero-order valence-corrected chi connectivity index (χ0v) is 9.01. The minimum Gasteiger partial charge on any atom is -0.392 e. The molecule has 3 heteroatoms. The Kier molecular flexibility index (Phi) is 3.11. The molecule has 1 aromatic rings. The summed E-state index contributed by atoms with van der Waals surface area (Å²) in [5.74, 6) is 0. The number of hydrogen-bond donors (Lipinski definition) is 1. The zero-order chi connectivity index (χ0) is 9.97. The van der Waals surface area contributed by atoms with Crippen LogP contribution in [-0.2, 0) is 11.3 Å². The standard InChI is InChI=1S/C11H14O2S/c1-8-4-10(3-2-9(8)5-12)14-11-6-13-7-11/h2-4,11-12H,5-7H2,1H3. The van der Waals surface area contributed by atoms with Crippen LogP contribution < -0.4 is 0 Å². The van der Waals surface area contributed by atoms with Crippen LogP contribution in [0.1, 0.15) is 11.1 Å². The lowest BCUT2D eigenvalue weighted by molar-refractivity contribution is 0.0455. The SMILES string of the molecule is Cc1cc(SC2COC2)ccc1CO. The molecule has 1 aromatic carbocycles. The van der Waals surface area contributed by atoms with E-state index in [0.717, 1.165) is 24.3 Å². The van der Waals surface area contributed by atoms with Crippen molar-refractivity contribution in [2.24, 2.45) is 0 Å². The second-order valence-electron chi connectivity index (χ2n) is 3.52. The van der Waals surface area contributed by atoms with Crippen LogP contribution in [0.3, 0.4) is 0 Å². The minimum absolute atomic E-state index is 0.128. The first-order valence-electron chi connectivity index (χ1n) is 4.74. The first-order chi connectivity index (χ1) is 6.79. The molecule has 0 saturated carbocycles. The maximum atomic E-state index is 9.02. The Morgan fingerprint density at radius 1 is 1.50 bits per heavy atom. The average molecular weight is 210 g/mol. The third-order valence-corrected chi connectivity index (χ3v) is 3.53. The Labute approximate surface area is 88.3 Å². The molecule has 0 radical (unpaired) electrons. The van der Waals surface area contributed by atoms with Gasteiger partial charge in [-0.05, 0) is 30.2 Å². The summed E-state index contributed by atoms with van der Waals surface area (Å²) in [4.78, 5) is 1.27. The predicted octanol–water partition coefficient (Wildman–Crippen LogP) is 1.98. The molecule has 76 valence electrons. The molecule has 0 unspecified atom stereocenters. The van der Waals surface area contributed by atoms with E-state index >= 15 is 0 Å². The Bertz CT molecular complexity index is 321. The molecule has 2 nitrogen and oxygen atoms in total. The highest BCUT2D eigenvalue weighted by Crippen LogP contribution is 2.29. The highest BCUT2D eigenvalue weighted by atomic mass is 32.2. The van der Waals surface area contributed by atoms with Gasteiger partial charge in [0, 0.05) is 4.90 Å². The Morgan fingerprint density at radius 2 is 2.29 bits per heavy atom. The highest BCUT2D eigenvalue weighted by Gasteiger charge is 2.19. The van der Waals surface area contributed by atoms with Crippen molar-refractivity contribution in [1.82, 2.24) is 0 Å². The van der Waals surface area contributed by atoms with Gasteiger partial charge in [-0.2, -0.15) is 0 Å². The molecule has 1 heterocycles. The maximum Gasteiger partial charge on any atom is 0.0684 e. The summed E-state index contributed by atoms with van der Waals surface area (Å²) in [6, 6.07) is 6.20. The number of aryl methyl sites for hydroxylation is 1. The van der Waals surface area contributed by atoms with Crippen molar-refractivity contribution in [1.29, 1.82) is 0 Å². The van der Waals surface area contributed by atoms with Crippen LogP contribution in [0.15, 0.2) is 23.1 Å². The molecule has 0 atom stereocenters. The summed E-state index contributed by atoms with van der Waals surface area (Å²) >= 11 is 1.86. The fourth-order valence-electron chi connectivity index (χ4n) is 1.39. The molecule has 0 aromatic heterocycles. The van der Waals surface area contributed by atoms with E-state index in [-0.39, 0.29) is 6.61 Å². The third kappa shape index (κ3) is 2.11. The summed E-state index contributed by atoms with van der Waals surface area (Å²) < 4.78 is 5.12. The Balaban J connectivity index is 2.07. The van der Waals surface area contributed by atoms with Crippen molar-refractivity contribution in [3.63, 3.8) is 0 Å². The fourth-order valence-corrected chi connectivity index (χ4v) is 2.50. The molecule has 0 spiro atoms. The fraction of sp³-hybridized carbons (Fsp3) is 0.455. The van der Waals surface area contributed by atoms with Crippen LogP contribution >= 0.6 is 11.8 Å². The van der Waals surface area contributed by atoms with E-state index in [1.165, 1.54) is 4.90 Å². The molecule has 0 amide bonds. The lowest BCUT2D eigenvalue weighted by Gasteiger charge is -2.25. The van der Waals surface area contributed by atoms with Gasteiger partial charge in [0.25, 0.3) is 0 Å². The summed E-state index contributed by atoms with van der Waals surface area (Å²) in [5, 5.41) is 9.64. The van der Waals surface area contributed by atoms with E-state index in [2.05, 4.69) is 12.1 Å². The van der Waals surface area contributed by atoms with Crippen LogP contribution in [0.25, 0.3) is 0 Å². The number of rotatable bonds is 3. The van der Waals surface area contributed by atoms with Gasteiger partial charge in [-0.15, -0.1) is 11.8 Å². The van der Waals surface area contributed by atoms with E-state index in [0.29, 0.717) is 5.25 Å². The highest BCUT2D eigenvalue weighted by molar-refractivity contribution is 8.00. The van der Waals surface area contributed by atoms with E-state index in [4.69, 9.17) is 9.84 Å². The predicted molar refractivity (Wildman–Crippen MR) is 57.6 cm³/mol. The Hall–Kier alpha value is -0.510. The molecule has 0 aliphatic carbocycles. The van der Waals surface area contributed by atoms with E-state index in [1.54, 1.807) is 0 Å². The van der Waals surface area contributed by atoms with E-state index < -0.39 is 0 Å². The monoisotopic (exact) mass is 210 g/mol. The molecule has 1 fully saturated rings. The first kappa shape index (κ1) is 10.0. The number of aliphatic hydroxyl groups is 1. The van der Waals surface area contributed by atoms with E-state index in [9.17, 15) is 0 Å². The van der Waals surface area contributed by atoms with Crippen molar-refractivity contribution < 1.29 is 9.84 Å². The van der Waals surface area contributed by atoms with Gasteiger partial charge < -0.3 is 9.84 Å². The van der Waals surface area contributed by atoms with Gasteiger partial charge in [-0.3, -0.25) is 0 Å². The van der Waals surface area contributed by atoms with Crippen LogP contribution in [0.5, 0.6) is 0 Å². The number of hydrogen-bond acceptors (Lipinski definition) is 3. The van der Waals surface area contributed by atoms with Gasteiger partial charge in [0.1, 0.15) is 0 Å². The second kappa shape index (κ2) is 4.34. The molecule has 1 N–H and O–H groups in total. The summed E-state index contributed by atoms with van der Waals surface area (Å²) in [7, 11) is 0. The molecule has 0 bridgehead atoms. The Morgan fingerprint density at radius 3 is 2.79 bits per heavy atom. The summed E-state index contributed by atoms with van der Waals surface area (Å²) in [5.41, 5.74) is 2.18. The molecule has 1 aliphatic rings. The van der Waals surface area contributed by atoms with E-state index in [1.807, 2.05) is 24.8 Å². The minimum atomic E-state index is 0.128. The molecule has 1 aliphatic heterocycles. The number of benzene rings is 1. The summed E-state index contributed by atoms with van der Waals surface area (Å²) in [6.07, 6.45) is 0.